The van der Waals surface area contributed by atoms with Crippen molar-refractivity contribution in [2.24, 2.45) is 5.92 Å². The van der Waals surface area contributed by atoms with Crippen LogP contribution in [0.4, 0.5) is 0 Å². The van der Waals surface area contributed by atoms with Gasteiger partial charge in [0.2, 0.25) is 0 Å². The molecule has 2 fully saturated rings. The average molecular weight is 331 g/mol. The predicted molar refractivity (Wildman–Crippen MR) is 94.8 cm³/mol. The van der Waals surface area contributed by atoms with Crippen molar-refractivity contribution in [3.05, 3.63) is 23.8 Å². The second kappa shape index (κ2) is 7.45. The summed E-state index contributed by atoms with van der Waals surface area (Å²) in [5, 5.41) is 0. The molecule has 4 heteroatoms. The number of hydrogen-bond acceptors (Lipinski definition) is 3. The van der Waals surface area contributed by atoms with Crippen LogP contribution in [0.25, 0.3) is 0 Å². The third-order valence-corrected chi connectivity index (χ3v) is 5.60. The van der Waals surface area contributed by atoms with Gasteiger partial charge in [0.1, 0.15) is 0 Å². The molecule has 0 N–H and O–H groups in total. The lowest BCUT2D eigenvalue weighted by Gasteiger charge is -2.37. The fraction of sp³-hybridized carbons (Fsp3) is 0.650. The Labute approximate surface area is 145 Å². The fourth-order valence-electron chi connectivity index (χ4n) is 4.01. The van der Waals surface area contributed by atoms with E-state index in [1.54, 1.807) is 14.2 Å². The Kier molecular flexibility index (Phi) is 5.32. The van der Waals surface area contributed by atoms with Crippen molar-refractivity contribution in [1.82, 2.24) is 4.90 Å². The average Bonchev–Trinajstić information content (AvgIpc) is 3.46. The first kappa shape index (κ1) is 17.1. The number of methoxy groups -OCH3 is 2. The molecule has 1 aromatic rings. The summed E-state index contributed by atoms with van der Waals surface area (Å²) in [5.41, 5.74) is 0.626. The number of hydrogen-bond donors (Lipinski definition) is 0. The SMILES string of the molecule is CCC1CCC(N(C(=O)c2cccc(OC)c2OC)C2CC2)CC1. The zero-order valence-corrected chi connectivity index (χ0v) is 15.1. The van der Waals surface area contributed by atoms with Crippen LogP contribution >= 0.6 is 0 Å². The number of ether oxygens (including phenoxy) is 2. The topological polar surface area (TPSA) is 38.8 Å². The highest BCUT2D eigenvalue weighted by Crippen LogP contribution is 2.39. The molecule has 0 atom stereocenters. The van der Waals surface area contributed by atoms with Crippen molar-refractivity contribution in [3.63, 3.8) is 0 Å². The van der Waals surface area contributed by atoms with E-state index in [1.807, 2.05) is 18.2 Å². The van der Waals surface area contributed by atoms with Gasteiger partial charge in [-0.1, -0.05) is 19.4 Å². The predicted octanol–water partition coefficient (Wildman–Crippen LogP) is 4.28. The third-order valence-electron chi connectivity index (χ3n) is 5.60. The second-order valence-corrected chi connectivity index (χ2v) is 7.07. The van der Waals surface area contributed by atoms with E-state index < -0.39 is 0 Å². The van der Waals surface area contributed by atoms with Gasteiger partial charge in [-0.25, -0.2) is 0 Å². The molecule has 24 heavy (non-hydrogen) atoms. The van der Waals surface area contributed by atoms with Gasteiger partial charge >= 0.3 is 0 Å². The van der Waals surface area contributed by atoms with E-state index in [9.17, 15) is 4.79 Å². The molecule has 0 radical (unpaired) electrons. The number of benzene rings is 1. The Hall–Kier alpha value is -1.71. The highest BCUT2D eigenvalue weighted by atomic mass is 16.5. The van der Waals surface area contributed by atoms with Crippen molar-refractivity contribution in [1.29, 1.82) is 0 Å². The summed E-state index contributed by atoms with van der Waals surface area (Å²) >= 11 is 0. The van der Waals surface area contributed by atoms with E-state index in [0.717, 1.165) is 31.6 Å². The summed E-state index contributed by atoms with van der Waals surface area (Å²) in [7, 11) is 3.21. The molecule has 0 bridgehead atoms. The molecule has 132 valence electrons. The summed E-state index contributed by atoms with van der Waals surface area (Å²) < 4.78 is 10.8. The zero-order valence-electron chi connectivity index (χ0n) is 15.1. The van der Waals surface area contributed by atoms with Crippen molar-refractivity contribution >= 4 is 5.91 Å². The molecule has 2 saturated carbocycles. The van der Waals surface area contributed by atoms with Gasteiger partial charge in [0.05, 0.1) is 19.8 Å². The van der Waals surface area contributed by atoms with Gasteiger partial charge in [-0.15, -0.1) is 0 Å². The zero-order chi connectivity index (χ0) is 17.1. The van der Waals surface area contributed by atoms with Crippen LogP contribution in [-0.2, 0) is 0 Å². The molecule has 3 rings (SSSR count). The van der Waals surface area contributed by atoms with Crippen LogP contribution < -0.4 is 9.47 Å². The van der Waals surface area contributed by atoms with Crippen molar-refractivity contribution in [2.45, 2.75) is 64.0 Å². The normalized spacial score (nSPS) is 23.6. The minimum atomic E-state index is 0.105. The van der Waals surface area contributed by atoms with Crippen LogP contribution in [0.2, 0.25) is 0 Å². The van der Waals surface area contributed by atoms with Gasteiger partial charge in [-0.2, -0.15) is 0 Å². The lowest BCUT2D eigenvalue weighted by atomic mass is 9.83. The maximum atomic E-state index is 13.3. The van der Waals surface area contributed by atoms with Crippen LogP contribution in [0.15, 0.2) is 18.2 Å². The monoisotopic (exact) mass is 331 g/mol. The molecule has 0 aromatic heterocycles. The summed E-state index contributed by atoms with van der Waals surface area (Å²) in [4.78, 5) is 15.5. The first-order chi connectivity index (χ1) is 11.7. The summed E-state index contributed by atoms with van der Waals surface area (Å²) in [6, 6.07) is 6.36. The molecule has 0 spiro atoms. The van der Waals surface area contributed by atoms with Crippen LogP contribution in [0.3, 0.4) is 0 Å². The van der Waals surface area contributed by atoms with Crippen LogP contribution in [0, 0.1) is 5.92 Å². The molecule has 0 aliphatic heterocycles. The molecular weight excluding hydrogens is 302 g/mol. The second-order valence-electron chi connectivity index (χ2n) is 7.07. The van der Waals surface area contributed by atoms with Gasteiger partial charge in [0.25, 0.3) is 5.91 Å². The highest BCUT2D eigenvalue weighted by Gasteiger charge is 2.40. The summed E-state index contributed by atoms with van der Waals surface area (Å²) in [5.74, 6) is 2.11. The smallest absolute Gasteiger partial charge is 0.258 e. The number of carbonyl (C=O) groups is 1. The number of carbonyl (C=O) groups excluding carboxylic acids is 1. The van der Waals surface area contributed by atoms with Crippen molar-refractivity contribution in [2.75, 3.05) is 14.2 Å². The molecular formula is C20H29NO3. The van der Waals surface area contributed by atoms with E-state index in [0.29, 0.717) is 29.1 Å². The molecule has 0 unspecified atom stereocenters. The molecule has 1 aromatic carbocycles. The molecule has 4 nitrogen and oxygen atoms in total. The van der Waals surface area contributed by atoms with Gasteiger partial charge in [0.15, 0.2) is 11.5 Å². The van der Waals surface area contributed by atoms with Gasteiger partial charge in [-0.05, 0) is 56.6 Å². The summed E-state index contributed by atoms with van der Waals surface area (Å²) in [6.07, 6.45) is 8.27. The Balaban J connectivity index is 1.83. The number of nitrogens with zero attached hydrogens (tertiary/aromatic N) is 1. The van der Waals surface area contributed by atoms with Gasteiger partial charge in [0, 0.05) is 12.1 Å². The number of rotatable bonds is 6. The van der Waals surface area contributed by atoms with E-state index in [4.69, 9.17) is 9.47 Å². The van der Waals surface area contributed by atoms with E-state index >= 15 is 0 Å². The molecule has 2 aliphatic rings. The van der Waals surface area contributed by atoms with E-state index in [1.165, 1.54) is 19.3 Å². The number of para-hydroxylation sites is 1. The Morgan fingerprint density at radius 1 is 1.04 bits per heavy atom. The van der Waals surface area contributed by atoms with Crippen LogP contribution in [0.1, 0.15) is 62.2 Å². The maximum Gasteiger partial charge on any atom is 0.258 e. The Bertz CT molecular complexity index is 574. The van der Waals surface area contributed by atoms with Crippen LogP contribution in [0.5, 0.6) is 11.5 Å². The largest absolute Gasteiger partial charge is 0.493 e. The molecule has 1 amide bonds. The van der Waals surface area contributed by atoms with Gasteiger partial charge < -0.3 is 14.4 Å². The first-order valence-electron chi connectivity index (χ1n) is 9.23. The quantitative estimate of drug-likeness (QED) is 0.781. The van der Waals surface area contributed by atoms with E-state index in [-0.39, 0.29) is 5.91 Å². The van der Waals surface area contributed by atoms with E-state index in [2.05, 4.69) is 11.8 Å². The Morgan fingerprint density at radius 3 is 2.17 bits per heavy atom. The third kappa shape index (κ3) is 3.38. The molecule has 2 aliphatic carbocycles. The lowest BCUT2D eigenvalue weighted by molar-refractivity contribution is 0.0583. The number of amides is 1. The van der Waals surface area contributed by atoms with Crippen LogP contribution in [-0.4, -0.2) is 37.1 Å². The fourth-order valence-corrected chi connectivity index (χ4v) is 4.01. The van der Waals surface area contributed by atoms with Crippen molar-refractivity contribution in [3.8, 4) is 11.5 Å². The Morgan fingerprint density at radius 2 is 1.67 bits per heavy atom. The first-order valence-corrected chi connectivity index (χ1v) is 9.23. The summed E-state index contributed by atoms with van der Waals surface area (Å²) in [6.45, 7) is 2.27. The standard InChI is InChI=1S/C20H29NO3/c1-4-14-8-10-15(11-9-14)21(16-12-13-16)20(22)17-6-5-7-18(23-2)19(17)24-3/h5-7,14-16H,4,8-13H2,1-3H3. The minimum Gasteiger partial charge on any atom is -0.493 e. The van der Waals surface area contributed by atoms with Gasteiger partial charge in [-0.3, -0.25) is 4.79 Å². The highest BCUT2D eigenvalue weighted by molar-refractivity contribution is 5.98. The molecule has 0 saturated heterocycles. The minimum absolute atomic E-state index is 0.105. The van der Waals surface area contributed by atoms with Crippen molar-refractivity contribution < 1.29 is 14.3 Å². The molecule has 0 heterocycles. The maximum absolute atomic E-state index is 13.3. The lowest BCUT2D eigenvalue weighted by Crippen LogP contribution is -2.44.